The van der Waals surface area contributed by atoms with E-state index in [0.717, 1.165) is 22.3 Å². The Morgan fingerprint density at radius 1 is 1.31 bits per heavy atom. The Hall–Kier alpha value is -3.24. The fourth-order valence-corrected chi connectivity index (χ4v) is 3.12. The van der Waals surface area contributed by atoms with Crippen LogP contribution < -0.4 is 20.9 Å². The fourth-order valence-electron chi connectivity index (χ4n) is 3.12. The highest BCUT2D eigenvalue weighted by molar-refractivity contribution is 5.86. The van der Waals surface area contributed by atoms with Crippen LogP contribution in [0.15, 0.2) is 24.4 Å². The monoisotopic (exact) mass is 394 g/mol. The van der Waals surface area contributed by atoms with E-state index < -0.39 is 11.7 Å². The first-order valence-corrected chi connectivity index (χ1v) is 9.47. The number of benzene rings is 1. The van der Waals surface area contributed by atoms with E-state index in [-0.39, 0.29) is 5.95 Å². The van der Waals surface area contributed by atoms with E-state index in [0.29, 0.717) is 30.3 Å². The van der Waals surface area contributed by atoms with E-state index in [1.54, 1.807) is 13.1 Å². The number of nitrogens with zero attached hydrogens (tertiary/aromatic N) is 2. The van der Waals surface area contributed by atoms with Crippen molar-refractivity contribution in [3.63, 3.8) is 0 Å². The summed E-state index contributed by atoms with van der Waals surface area (Å²) in [4.78, 5) is 8.06. The quantitative estimate of drug-likeness (QED) is 0.682. The number of nitrogen functional groups attached to an aromatic ring is 2. The van der Waals surface area contributed by atoms with Crippen LogP contribution >= 0.6 is 0 Å². The van der Waals surface area contributed by atoms with Crippen molar-refractivity contribution in [2.45, 2.75) is 45.8 Å². The molecule has 0 amide bonds. The zero-order valence-corrected chi connectivity index (χ0v) is 17.1. The highest BCUT2D eigenvalue weighted by Crippen LogP contribution is 2.43. The molecule has 1 aliphatic rings. The van der Waals surface area contributed by atoms with Crippen LogP contribution in [0.1, 0.15) is 44.4 Å². The lowest BCUT2D eigenvalue weighted by molar-refractivity contribution is 0.149. The van der Waals surface area contributed by atoms with E-state index in [2.05, 4.69) is 21.8 Å². The number of aliphatic hydroxyl groups is 1. The Bertz CT molecular complexity index is 1020. The van der Waals surface area contributed by atoms with Crippen molar-refractivity contribution in [2.75, 3.05) is 18.1 Å². The Kier molecular flexibility index (Phi) is 5.66. The van der Waals surface area contributed by atoms with Crippen LogP contribution in [-0.4, -0.2) is 33.4 Å². The van der Waals surface area contributed by atoms with Gasteiger partial charge in [-0.15, -0.1) is 0 Å². The molecule has 0 bridgehead atoms. The van der Waals surface area contributed by atoms with Crippen molar-refractivity contribution < 1.29 is 14.6 Å². The van der Waals surface area contributed by atoms with Gasteiger partial charge in [0, 0.05) is 29.3 Å². The molecule has 0 aliphatic carbocycles. The molecule has 152 valence electrons. The van der Waals surface area contributed by atoms with Gasteiger partial charge in [-0.1, -0.05) is 11.8 Å². The van der Waals surface area contributed by atoms with Crippen LogP contribution in [0.3, 0.4) is 0 Å². The molecule has 0 fully saturated rings. The van der Waals surface area contributed by atoms with Crippen LogP contribution in [0, 0.1) is 11.8 Å². The minimum atomic E-state index is -0.730. The normalized spacial score (nSPS) is 15.3. The predicted molar refractivity (Wildman–Crippen MR) is 113 cm³/mol. The van der Waals surface area contributed by atoms with Gasteiger partial charge in [-0.2, -0.15) is 4.98 Å². The van der Waals surface area contributed by atoms with Gasteiger partial charge in [0.1, 0.15) is 17.5 Å². The molecule has 0 saturated heterocycles. The number of hydrogen-bond acceptors (Lipinski definition) is 7. The molecule has 0 radical (unpaired) electrons. The zero-order valence-electron chi connectivity index (χ0n) is 17.1. The summed E-state index contributed by atoms with van der Waals surface area (Å²) in [6.45, 7) is 7.95. The Morgan fingerprint density at radius 3 is 2.72 bits per heavy atom. The fraction of sp³-hybridized carbons (Fsp3) is 0.364. The van der Waals surface area contributed by atoms with Gasteiger partial charge in [-0.05, 0) is 51.5 Å². The Morgan fingerprint density at radius 2 is 2.07 bits per heavy atom. The maximum atomic E-state index is 9.61. The highest BCUT2D eigenvalue weighted by atomic mass is 16.5. The number of aliphatic hydroxyl groups excluding tert-OH is 1. The van der Waals surface area contributed by atoms with Crippen molar-refractivity contribution in [1.82, 2.24) is 9.97 Å². The third-order valence-electron chi connectivity index (χ3n) is 4.29. The lowest BCUT2D eigenvalue weighted by Gasteiger charge is -2.31. The van der Waals surface area contributed by atoms with E-state index in [9.17, 15) is 5.11 Å². The van der Waals surface area contributed by atoms with Gasteiger partial charge >= 0.3 is 0 Å². The topological polar surface area (TPSA) is 117 Å². The lowest BCUT2D eigenvalue weighted by Crippen LogP contribution is -2.29. The molecule has 5 N–H and O–H groups in total. The third-order valence-corrected chi connectivity index (χ3v) is 4.29. The Labute approximate surface area is 170 Å². The maximum absolute atomic E-state index is 9.61. The first-order valence-electron chi connectivity index (χ1n) is 9.47. The van der Waals surface area contributed by atoms with Gasteiger partial charge in [0.25, 0.3) is 0 Å². The molecule has 3 rings (SSSR count). The molecule has 1 unspecified atom stereocenters. The molecule has 1 aromatic heterocycles. The van der Waals surface area contributed by atoms with Crippen LogP contribution in [0.5, 0.6) is 11.5 Å². The number of fused-ring (bicyclic) bond motifs is 1. The van der Waals surface area contributed by atoms with Gasteiger partial charge in [-0.25, -0.2) is 4.98 Å². The summed E-state index contributed by atoms with van der Waals surface area (Å²) in [5.74, 6) is 7.64. The first-order chi connectivity index (χ1) is 13.7. The summed E-state index contributed by atoms with van der Waals surface area (Å²) in [6.07, 6.45) is 3.35. The predicted octanol–water partition coefficient (Wildman–Crippen LogP) is 2.57. The molecule has 1 atom stereocenters. The second-order valence-electron chi connectivity index (χ2n) is 7.43. The molecule has 29 heavy (non-hydrogen) atoms. The summed E-state index contributed by atoms with van der Waals surface area (Å²) in [5.41, 5.74) is 14.3. The lowest BCUT2D eigenvalue weighted by atomic mass is 9.92. The average molecular weight is 394 g/mol. The minimum absolute atomic E-state index is 0.140. The molecule has 0 saturated carbocycles. The molecule has 2 aromatic rings. The molecular weight excluding hydrogens is 368 g/mol. The highest BCUT2D eigenvalue weighted by Gasteiger charge is 2.29. The van der Waals surface area contributed by atoms with E-state index in [1.165, 1.54) is 0 Å². The standard InChI is InChI=1S/C22H26N4O3/c1-5-28-18-10-14(8-16-12-25-21(24)26-20(16)23)9-17-15(7-6-13(2)27)11-22(3,4)29-19(17)18/h9-13,27H,5,8H2,1-4H3,(H4,23,24,25,26). The molecule has 7 heteroatoms. The van der Waals surface area contributed by atoms with E-state index in [1.807, 2.05) is 39.0 Å². The van der Waals surface area contributed by atoms with Gasteiger partial charge in [0.2, 0.25) is 5.95 Å². The number of rotatable bonds is 4. The number of aromatic nitrogens is 2. The average Bonchev–Trinajstić information content (AvgIpc) is 2.62. The third kappa shape index (κ3) is 4.79. The summed E-state index contributed by atoms with van der Waals surface area (Å²) in [6, 6.07) is 3.92. The number of nitrogens with two attached hydrogens (primary N) is 2. The second-order valence-corrected chi connectivity index (χ2v) is 7.43. The Balaban J connectivity index is 2.11. The maximum Gasteiger partial charge on any atom is 0.221 e. The summed E-state index contributed by atoms with van der Waals surface area (Å²) in [5, 5.41) is 9.61. The smallest absolute Gasteiger partial charge is 0.221 e. The van der Waals surface area contributed by atoms with Gasteiger partial charge in [0.15, 0.2) is 11.5 Å². The molecule has 1 aromatic carbocycles. The van der Waals surface area contributed by atoms with Gasteiger partial charge < -0.3 is 26.0 Å². The van der Waals surface area contributed by atoms with Crippen LogP contribution in [-0.2, 0) is 6.42 Å². The van der Waals surface area contributed by atoms with Crippen molar-refractivity contribution >= 4 is 17.3 Å². The second kappa shape index (κ2) is 8.02. The van der Waals surface area contributed by atoms with Crippen LogP contribution in [0.25, 0.3) is 5.57 Å². The SMILES string of the molecule is CCOc1cc(Cc2cnc(N)nc2N)cc2c1OC(C)(C)C=C2C#CC(C)O. The largest absolute Gasteiger partial charge is 0.490 e. The first kappa shape index (κ1) is 20.5. The van der Waals surface area contributed by atoms with Gasteiger partial charge in [-0.3, -0.25) is 0 Å². The summed E-state index contributed by atoms with van der Waals surface area (Å²) >= 11 is 0. The molecule has 1 aliphatic heterocycles. The van der Waals surface area contributed by atoms with E-state index >= 15 is 0 Å². The minimum Gasteiger partial charge on any atom is -0.490 e. The number of anilines is 2. The summed E-state index contributed by atoms with van der Waals surface area (Å²) < 4.78 is 12.1. The molecular formula is C22H26N4O3. The van der Waals surface area contributed by atoms with Crippen LogP contribution in [0.4, 0.5) is 11.8 Å². The van der Waals surface area contributed by atoms with Crippen molar-refractivity contribution in [3.05, 3.63) is 41.1 Å². The number of hydrogen-bond donors (Lipinski definition) is 3. The van der Waals surface area contributed by atoms with Crippen molar-refractivity contribution in [1.29, 1.82) is 0 Å². The number of allylic oxidation sites excluding steroid dienone is 1. The number of ether oxygens (including phenoxy) is 2. The van der Waals surface area contributed by atoms with Crippen LogP contribution in [0.2, 0.25) is 0 Å². The van der Waals surface area contributed by atoms with Crippen molar-refractivity contribution in [3.8, 4) is 23.3 Å². The van der Waals surface area contributed by atoms with E-state index in [4.69, 9.17) is 20.9 Å². The van der Waals surface area contributed by atoms with Crippen molar-refractivity contribution in [2.24, 2.45) is 0 Å². The molecule has 7 nitrogen and oxygen atoms in total. The van der Waals surface area contributed by atoms with Gasteiger partial charge in [0.05, 0.1) is 6.61 Å². The molecule has 0 spiro atoms. The zero-order chi connectivity index (χ0) is 21.2. The summed E-state index contributed by atoms with van der Waals surface area (Å²) in [7, 11) is 0. The molecule has 2 heterocycles.